The zero-order chi connectivity index (χ0) is 19.6. The summed E-state index contributed by atoms with van der Waals surface area (Å²) in [5, 5.41) is 0. The Morgan fingerprint density at radius 1 is 0.731 bits per heavy atom. The highest BCUT2D eigenvalue weighted by atomic mass is 32.2. The molecule has 0 heterocycles. The van der Waals surface area contributed by atoms with E-state index in [9.17, 15) is 8.42 Å². The molecule has 0 atom stereocenters. The van der Waals surface area contributed by atoms with E-state index in [1.54, 1.807) is 0 Å². The molecular formula is C22H39NO2S. The summed E-state index contributed by atoms with van der Waals surface area (Å²) in [5.74, 6) is 0. The van der Waals surface area contributed by atoms with Gasteiger partial charge >= 0.3 is 0 Å². The van der Waals surface area contributed by atoms with Crippen molar-refractivity contribution in [3.8, 4) is 0 Å². The molecule has 0 saturated carbocycles. The third-order valence-corrected chi connectivity index (χ3v) is 7.12. The largest absolute Gasteiger partial charge is 0.241 e. The standard InChI is InChI=1S/C22H39NO2S/c1-6-7-8-9-10-11-12-13-14-15-16-23-26(24,25)22-20(4)18(2)17-19(3)21(22)5/h17,23H,6-16H2,1-5H3. The number of benzene rings is 1. The molecule has 0 aliphatic carbocycles. The van der Waals surface area contributed by atoms with Crippen molar-refractivity contribution in [2.75, 3.05) is 6.54 Å². The van der Waals surface area contributed by atoms with Gasteiger partial charge in [-0.1, -0.05) is 70.8 Å². The fourth-order valence-electron chi connectivity index (χ4n) is 3.47. The highest BCUT2D eigenvalue weighted by Crippen LogP contribution is 2.25. The monoisotopic (exact) mass is 381 g/mol. The third kappa shape index (κ3) is 7.40. The molecule has 0 radical (unpaired) electrons. The lowest BCUT2D eigenvalue weighted by Gasteiger charge is -2.16. The Labute approximate surface area is 162 Å². The molecule has 4 heteroatoms. The van der Waals surface area contributed by atoms with Crippen molar-refractivity contribution >= 4 is 10.0 Å². The Kier molecular flexibility index (Phi) is 10.5. The minimum Gasteiger partial charge on any atom is -0.211 e. The summed E-state index contributed by atoms with van der Waals surface area (Å²) in [6.45, 7) is 10.5. The number of hydrogen-bond acceptors (Lipinski definition) is 2. The predicted molar refractivity (Wildman–Crippen MR) is 112 cm³/mol. The average Bonchev–Trinajstić information content (AvgIpc) is 2.58. The van der Waals surface area contributed by atoms with Gasteiger partial charge in [-0.25, -0.2) is 13.1 Å². The zero-order valence-corrected chi connectivity index (χ0v) is 18.4. The lowest BCUT2D eigenvalue weighted by molar-refractivity contribution is 0.548. The number of sulfonamides is 1. The molecule has 0 spiro atoms. The van der Waals surface area contributed by atoms with Crippen molar-refractivity contribution in [2.24, 2.45) is 0 Å². The first kappa shape index (κ1) is 23.2. The van der Waals surface area contributed by atoms with Crippen molar-refractivity contribution in [2.45, 2.75) is 104 Å². The smallest absolute Gasteiger partial charge is 0.211 e. The van der Waals surface area contributed by atoms with Crippen molar-refractivity contribution < 1.29 is 8.42 Å². The van der Waals surface area contributed by atoms with Crippen LogP contribution >= 0.6 is 0 Å². The third-order valence-electron chi connectivity index (χ3n) is 5.39. The van der Waals surface area contributed by atoms with Gasteiger partial charge in [0.15, 0.2) is 0 Å². The summed E-state index contributed by atoms with van der Waals surface area (Å²) in [5.41, 5.74) is 3.80. The lowest BCUT2D eigenvalue weighted by atomic mass is 10.0. The molecule has 0 unspecified atom stereocenters. The minimum absolute atomic E-state index is 0.474. The summed E-state index contributed by atoms with van der Waals surface area (Å²) >= 11 is 0. The fraction of sp³-hybridized carbons (Fsp3) is 0.727. The summed E-state index contributed by atoms with van der Waals surface area (Å²) in [4.78, 5) is 0.474. The van der Waals surface area contributed by atoms with Crippen LogP contribution in [0.15, 0.2) is 11.0 Å². The number of hydrogen-bond donors (Lipinski definition) is 1. The Bertz CT molecular complexity index is 624. The lowest BCUT2D eigenvalue weighted by Crippen LogP contribution is -2.26. The molecule has 0 amide bonds. The van der Waals surface area contributed by atoms with E-state index in [0.29, 0.717) is 11.4 Å². The van der Waals surface area contributed by atoms with Crippen molar-refractivity contribution in [3.63, 3.8) is 0 Å². The van der Waals surface area contributed by atoms with E-state index < -0.39 is 10.0 Å². The van der Waals surface area contributed by atoms with E-state index in [4.69, 9.17) is 0 Å². The fourth-order valence-corrected chi connectivity index (χ4v) is 5.16. The van der Waals surface area contributed by atoms with Crippen molar-refractivity contribution in [3.05, 3.63) is 28.3 Å². The Balaban J connectivity index is 2.33. The number of unbranched alkanes of at least 4 members (excludes halogenated alkanes) is 9. The molecule has 0 saturated heterocycles. The molecule has 150 valence electrons. The molecule has 0 bridgehead atoms. The van der Waals surface area contributed by atoms with Crippen LogP contribution in [0.25, 0.3) is 0 Å². The molecule has 0 aliphatic rings. The summed E-state index contributed by atoms with van der Waals surface area (Å²) < 4.78 is 28.3. The van der Waals surface area contributed by atoms with Crippen LogP contribution in [0.4, 0.5) is 0 Å². The van der Waals surface area contributed by atoms with Gasteiger partial charge in [0.05, 0.1) is 4.90 Å². The molecule has 1 N–H and O–H groups in total. The number of aryl methyl sites for hydroxylation is 2. The molecule has 26 heavy (non-hydrogen) atoms. The Hall–Kier alpha value is -0.870. The molecule has 1 aromatic rings. The summed E-state index contributed by atoms with van der Waals surface area (Å²) in [6.07, 6.45) is 12.5. The molecule has 0 fully saturated rings. The maximum absolute atomic E-state index is 12.7. The van der Waals surface area contributed by atoms with Crippen LogP contribution in [0.3, 0.4) is 0 Å². The van der Waals surface area contributed by atoms with Crippen LogP contribution in [-0.2, 0) is 10.0 Å². The molecular weight excluding hydrogens is 342 g/mol. The highest BCUT2D eigenvalue weighted by Gasteiger charge is 2.21. The Morgan fingerprint density at radius 2 is 1.15 bits per heavy atom. The average molecular weight is 382 g/mol. The van der Waals surface area contributed by atoms with E-state index in [-0.39, 0.29) is 0 Å². The Morgan fingerprint density at radius 3 is 1.62 bits per heavy atom. The van der Waals surface area contributed by atoms with Crippen LogP contribution in [0.5, 0.6) is 0 Å². The van der Waals surface area contributed by atoms with Gasteiger partial charge < -0.3 is 0 Å². The maximum Gasteiger partial charge on any atom is 0.241 e. The van der Waals surface area contributed by atoms with E-state index >= 15 is 0 Å². The van der Waals surface area contributed by atoms with Crippen LogP contribution in [0.2, 0.25) is 0 Å². The molecule has 3 nitrogen and oxygen atoms in total. The SMILES string of the molecule is CCCCCCCCCCCCNS(=O)(=O)c1c(C)c(C)cc(C)c1C. The first-order chi connectivity index (χ1) is 12.3. The van der Waals surface area contributed by atoms with Gasteiger partial charge in [-0.2, -0.15) is 0 Å². The second kappa shape index (κ2) is 11.8. The van der Waals surface area contributed by atoms with E-state index in [0.717, 1.165) is 35.1 Å². The second-order valence-electron chi connectivity index (χ2n) is 7.67. The van der Waals surface area contributed by atoms with Crippen LogP contribution in [0, 0.1) is 27.7 Å². The topological polar surface area (TPSA) is 46.2 Å². The van der Waals surface area contributed by atoms with Crippen LogP contribution in [-0.4, -0.2) is 15.0 Å². The van der Waals surface area contributed by atoms with Gasteiger partial charge in [-0.15, -0.1) is 0 Å². The van der Waals surface area contributed by atoms with Gasteiger partial charge in [-0.05, 0) is 56.4 Å². The van der Waals surface area contributed by atoms with Crippen LogP contribution < -0.4 is 4.72 Å². The first-order valence-electron chi connectivity index (χ1n) is 10.4. The summed E-state index contributed by atoms with van der Waals surface area (Å²) in [6, 6.07) is 2.06. The van der Waals surface area contributed by atoms with Gasteiger partial charge in [-0.3, -0.25) is 0 Å². The van der Waals surface area contributed by atoms with E-state index in [1.807, 2.05) is 27.7 Å². The van der Waals surface area contributed by atoms with Gasteiger partial charge in [0.2, 0.25) is 10.0 Å². The molecule has 0 aliphatic heterocycles. The first-order valence-corrected chi connectivity index (χ1v) is 11.9. The molecule has 1 aromatic carbocycles. The molecule has 0 aromatic heterocycles. The normalized spacial score (nSPS) is 11.9. The maximum atomic E-state index is 12.7. The van der Waals surface area contributed by atoms with Gasteiger partial charge in [0.1, 0.15) is 0 Å². The van der Waals surface area contributed by atoms with Crippen LogP contribution in [0.1, 0.15) is 93.4 Å². The van der Waals surface area contributed by atoms with Crippen molar-refractivity contribution in [1.82, 2.24) is 4.72 Å². The predicted octanol–water partition coefficient (Wildman–Crippen LogP) is 6.12. The molecule has 1 rings (SSSR count). The summed E-state index contributed by atoms with van der Waals surface area (Å²) in [7, 11) is -3.43. The van der Waals surface area contributed by atoms with Crippen molar-refractivity contribution in [1.29, 1.82) is 0 Å². The second-order valence-corrected chi connectivity index (χ2v) is 9.37. The number of nitrogens with one attached hydrogen (secondary N) is 1. The highest BCUT2D eigenvalue weighted by molar-refractivity contribution is 7.89. The quantitative estimate of drug-likeness (QED) is 0.418. The van der Waals surface area contributed by atoms with Gasteiger partial charge in [0, 0.05) is 6.54 Å². The van der Waals surface area contributed by atoms with Gasteiger partial charge in [0.25, 0.3) is 0 Å². The van der Waals surface area contributed by atoms with E-state index in [2.05, 4.69) is 17.7 Å². The zero-order valence-electron chi connectivity index (χ0n) is 17.6. The minimum atomic E-state index is -3.43. The number of rotatable bonds is 13. The van der Waals surface area contributed by atoms with E-state index in [1.165, 1.54) is 51.4 Å².